The first-order valence-electron chi connectivity index (χ1n) is 8.12. The Balaban J connectivity index is 1.93. The van der Waals surface area contributed by atoms with Crippen LogP contribution >= 0.6 is 35.0 Å². The monoisotopic (exact) mass is 464 g/mol. The van der Waals surface area contributed by atoms with E-state index in [9.17, 15) is 18.0 Å². The lowest BCUT2D eigenvalue weighted by Gasteiger charge is -2.29. The molecule has 1 aromatic heterocycles. The van der Waals surface area contributed by atoms with Gasteiger partial charge in [0.05, 0.1) is 22.9 Å². The van der Waals surface area contributed by atoms with Crippen LogP contribution in [0.3, 0.4) is 0 Å². The Bertz CT molecular complexity index is 981. The van der Waals surface area contributed by atoms with E-state index in [0.717, 1.165) is 23.9 Å². The number of halogens is 5. The average molecular weight is 465 g/mol. The normalized spacial score (nSPS) is 19.0. The zero-order valence-corrected chi connectivity index (χ0v) is 17.1. The predicted octanol–water partition coefficient (Wildman–Crippen LogP) is 5.46. The molecule has 0 fully saturated rings. The number of aliphatic carboxylic acids is 1. The van der Waals surface area contributed by atoms with Gasteiger partial charge in [-0.25, -0.2) is 4.98 Å². The number of hydrogen-bond acceptors (Lipinski definition) is 5. The molecule has 154 valence electrons. The minimum absolute atomic E-state index is 0.0468. The minimum Gasteiger partial charge on any atom is -0.481 e. The number of rotatable bonds is 5. The molecular formula is C18H13Cl2F3N2O3S. The van der Waals surface area contributed by atoms with Crippen molar-refractivity contribution in [3.8, 4) is 0 Å². The van der Waals surface area contributed by atoms with Crippen molar-refractivity contribution in [2.45, 2.75) is 30.1 Å². The molecule has 11 heteroatoms. The number of carboxylic acid groups (broad SMARTS) is 1. The summed E-state index contributed by atoms with van der Waals surface area (Å²) < 4.78 is 42.0. The molecule has 0 amide bonds. The molecule has 2 heterocycles. The zero-order chi connectivity index (χ0) is 21.4. The Morgan fingerprint density at radius 2 is 1.93 bits per heavy atom. The molecule has 0 saturated heterocycles. The molecule has 3 rings (SSSR count). The summed E-state index contributed by atoms with van der Waals surface area (Å²) in [7, 11) is 0. The van der Waals surface area contributed by atoms with Crippen molar-refractivity contribution < 1.29 is 27.9 Å². The average Bonchev–Trinajstić information content (AvgIpc) is 3.06. The quantitative estimate of drug-likeness (QED) is 0.595. The molecule has 1 aliphatic rings. The van der Waals surface area contributed by atoms with Gasteiger partial charge in [0.15, 0.2) is 0 Å². The molecule has 5 nitrogen and oxygen atoms in total. The summed E-state index contributed by atoms with van der Waals surface area (Å²) in [5, 5.41) is 13.0. The van der Waals surface area contributed by atoms with Gasteiger partial charge in [0, 0.05) is 27.4 Å². The number of hydrogen-bond donors (Lipinski definition) is 1. The number of aromatic nitrogens is 1. The van der Waals surface area contributed by atoms with Crippen molar-refractivity contribution in [3.05, 3.63) is 57.2 Å². The van der Waals surface area contributed by atoms with Gasteiger partial charge in [-0.3, -0.25) is 4.79 Å². The Morgan fingerprint density at radius 1 is 1.28 bits per heavy atom. The maximum Gasteiger partial charge on any atom is 0.435 e. The number of pyridine rings is 1. The van der Waals surface area contributed by atoms with E-state index in [2.05, 4.69) is 10.1 Å². The van der Waals surface area contributed by atoms with E-state index in [1.165, 1.54) is 12.3 Å². The lowest BCUT2D eigenvalue weighted by molar-refractivity contribution is -0.275. The molecule has 0 spiro atoms. The van der Waals surface area contributed by atoms with Gasteiger partial charge in [-0.05, 0) is 36.8 Å². The van der Waals surface area contributed by atoms with Crippen molar-refractivity contribution in [3.63, 3.8) is 0 Å². The van der Waals surface area contributed by atoms with Crippen molar-refractivity contribution in [2.24, 2.45) is 5.16 Å². The van der Waals surface area contributed by atoms with E-state index < -0.39 is 24.2 Å². The fourth-order valence-corrected chi connectivity index (χ4v) is 4.05. The Morgan fingerprint density at radius 3 is 2.48 bits per heavy atom. The molecule has 0 radical (unpaired) electrons. The van der Waals surface area contributed by atoms with Crippen LogP contribution in [-0.2, 0) is 15.2 Å². The maximum atomic E-state index is 14.0. The van der Waals surface area contributed by atoms with Crippen LogP contribution in [-0.4, -0.2) is 33.7 Å². The standard InChI is InChI=1S/C18H13Cl2F3N2O3S/c1-9-2-10(7-24-16(9)29-8-15(26)27)14-6-17(28-25-14,18(21,22)23)11-3-12(19)5-13(20)4-11/h2-5,7H,6,8H2,1H3,(H,26,27). The van der Waals surface area contributed by atoms with Crippen LogP contribution in [0.1, 0.15) is 23.1 Å². The maximum absolute atomic E-state index is 14.0. The van der Waals surface area contributed by atoms with E-state index in [0.29, 0.717) is 16.2 Å². The van der Waals surface area contributed by atoms with Crippen LogP contribution in [0.2, 0.25) is 10.0 Å². The second kappa shape index (κ2) is 8.04. The SMILES string of the molecule is Cc1cc(C2=NOC(c3cc(Cl)cc(Cl)c3)(C(F)(F)F)C2)cnc1SCC(=O)O. The third-order valence-electron chi connectivity index (χ3n) is 4.21. The minimum atomic E-state index is -4.79. The predicted molar refractivity (Wildman–Crippen MR) is 104 cm³/mol. The van der Waals surface area contributed by atoms with Gasteiger partial charge in [-0.1, -0.05) is 40.1 Å². The molecule has 0 saturated carbocycles. The first-order chi connectivity index (χ1) is 13.5. The van der Waals surface area contributed by atoms with E-state index in [4.69, 9.17) is 33.1 Å². The smallest absolute Gasteiger partial charge is 0.435 e. The highest BCUT2D eigenvalue weighted by Crippen LogP contribution is 2.49. The van der Waals surface area contributed by atoms with Crippen molar-refractivity contribution >= 4 is 46.6 Å². The van der Waals surface area contributed by atoms with Gasteiger partial charge < -0.3 is 9.94 Å². The molecule has 29 heavy (non-hydrogen) atoms. The molecule has 0 bridgehead atoms. The molecule has 1 aliphatic heterocycles. The van der Waals surface area contributed by atoms with Gasteiger partial charge in [0.2, 0.25) is 0 Å². The molecule has 1 aromatic carbocycles. The first kappa shape index (κ1) is 21.7. The van der Waals surface area contributed by atoms with Crippen LogP contribution in [0.4, 0.5) is 13.2 Å². The van der Waals surface area contributed by atoms with Gasteiger partial charge in [-0.2, -0.15) is 13.2 Å². The van der Waals surface area contributed by atoms with Crippen molar-refractivity contribution in [1.29, 1.82) is 0 Å². The Hall–Kier alpha value is -1.97. The number of nitrogens with zero attached hydrogens (tertiary/aromatic N) is 2. The Labute approximate surface area is 177 Å². The summed E-state index contributed by atoms with van der Waals surface area (Å²) in [6.07, 6.45) is -4.03. The lowest BCUT2D eigenvalue weighted by atomic mass is 9.86. The van der Waals surface area contributed by atoms with Crippen LogP contribution in [0, 0.1) is 6.92 Å². The van der Waals surface area contributed by atoms with E-state index >= 15 is 0 Å². The van der Waals surface area contributed by atoms with E-state index in [1.807, 2.05) is 0 Å². The molecule has 0 aliphatic carbocycles. The largest absolute Gasteiger partial charge is 0.481 e. The second-order valence-electron chi connectivity index (χ2n) is 6.32. The summed E-state index contributed by atoms with van der Waals surface area (Å²) >= 11 is 12.8. The van der Waals surface area contributed by atoms with Crippen molar-refractivity contribution in [2.75, 3.05) is 5.75 Å². The van der Waals surface area contributed by atoms with Crippen LogP contribution in [0.5, 0.6) is 0 Å². The third-order valence-corrected chi connectivity index (χ3v) is 5.74. The summed E-state index contributed by atoms with van der Waals surface area (Å²) in [4.78, 5) is 19.8. The van der Waals surface area contributed by atoms with E-state index in [1.54, 1.807) is 13.0 Å². The van der Waals surface area contributed by atoms with Crippen molar-refractivity contribution in [1.82, 2.24) is 4.98 Å². The highest BCUT2D eigenvalue weighted by Gasteiger charge is 2.62. The molecule has 1 unspecified atom stereocenters. The number of alkyl halides is 3. The number of benzene rings is 1. The number of oxime groups is 1. The summed E-state index contributed by atoms with van der Waals surface area (Å²) in [6, 6.07) is 5.22. The van der Waals surface area contributed by atoms with E-state index in [-0.39, 0.29) is 27.1 Å². The molecule has 1 N–H and O–H groups in total. The zero-order valence-electron chi connectivity index (χ0n) is 14.8. The molecular weight excluding hydrogens is 452 g/mol. The number of aryl methyl sites for hydroxylation is 1. The molecule has 1 atom stereocenters. The molecule has 2 aromatic rings. The summed E-state index contributed by atoms with van der Waals surface area (Å²) in [5.41, 5.74) is -1.95. The van der Waals surface area contributed by atoms with Gasteiger partial charge in [0.1, 0.15) is 0 Å². The van der Waals surface area contributed by atoms with Gasteiger partial charge >= 0.3 is 12.1 Å². The van der Waals surface area contributed by atoms with Gasteiger partial charge in [0.25, 0.3) is 5.60 Å². The Kier molecular flexibility index (Phi) is 6.03. The highest BCUT2D eigenvalue weighted by molar-refractivity contribution is 7.99. The van der Waals surface area contributed by atoms with Crippen LogP contribution < -0.4 is 0 Å². The first-order valence-corrected chi connectivity index (χ1v) is 9.86. The second-order valence-corrected chi connectivity index (χ2v) is 8.15. The van der Waals surface area contributed by atoms with Crippen LogP contribution in [0.25, 0.3) is 0 Å². The summed E-state index contributed by atoms with van der Waals surface area (Å²) in [6.45, 7) is 1.69. The lowest BCUT2D eigenvalue weighted by Crippen LogP contribution is -2.42. The van der Waals surface area contributed by atoms with Crippen LogP contribution in [0.15, 0.2) is 40.6 Å². The third kappa shape index (κ3) is 4.46. The fraction of sp³-hybridized carbons (Fsp3) is 0.278. The number of thioether (sulfide) groups is 1. The number of carboxylic acids is 1. The fourth-order valence-electron chi connectivity index (χ4n) is 2.85. The van der Waals surface area contributed by atoms with Gasteiger partial charge in [-0.15, -0.1) is 0 Å². The highest BCUT2D eigenvalue weighted by atomic mass is 35.5. The topological polar surface area (TPSA) is 71.8 Å². The summed E-state index contributed by atoms with van der Waals surface area (Å²) in [5.74, 6) is -1.17. The number of carbonyl (C=O) groups is 1.